The lowest BCUT2D eigenvalue weighted by Crippen LogP contribution is -1.89. The van der Waals surface area contributed by atoms with Gasteiger partial charge in [-0.25, -0.2) is 0 Å². The Hall–Kier alpha value is -1.15. The first-order chi connectivity index (χ1) is 6.76. The minimum atomic E-state index is 0.878. The van der Waals surface area contributed by atoms with Crippen LogP contribution >= 0.6 is 11.3 Å². The van der Waals surface area contributed by atoms with Gasteiger partial charge in [0.2, 0.25) is 0 Å². The molecule has 14 heavy (non-hydrogen) atoms. The van der Waals surface area contributed by atoms with E-state index in [1.54, 1.807) is 11.3 Å². The molecule has 0 spiro atoms. The van der Waals surface area contributed by atoms with Crippen LogP contribution < -0.4 is 0 Å². The van der Waals surface area contributed by atoms with Gasteiger partial charge in [-0.1, -0.05) is 19.1 Å². The van der Waals surface area contributed by atoms with Gasteiger partial charge in [-0.05, 0) is 30.4 Å². The molecule has 0 fully saturated rings. The number of carbonyl (C=O) groups is 1. The van der Waals surface area contributed by atoms with Crippen LogP contribution in [0.5, 0.6) is 0 Å². The fourth-order valence-corrected chi connectivity index (χ4v) is 2.77. The molecule has 0 aliphatic rings. The first kappa shape index (κ1) is 9.41. The van der Waals surface area contributed by atoms with E-state index >= 15 is 0 Å². The summed E-state index contributed by atoms with van der Waals surface area (Å²) in [6, 6.07) is 6.29. The fourth-order valence-electron chi connectivity index (χ4n) is 1.73. The van der Waals surface area contributed by atoms with Crippen molar-refractivity contribution in [3.8, 4) is 0 Å². The lowest BCUT2D eigenvalue weighted by atomic mass is 10.0. The highest BCUT2D eigenvalue weighted by Gasteiger charge is 2.07. The van der Waals surface area contributed by atoms with E-state index < -0.39 is 0 Å². The highest BCUT2D eigenvalue weighted by atomic mass is 32.1. The average molecular weight is 204 g/mol. The van der Waals surface area contributed by atoms with Gasteiger partial charge < -0.3 is 0 Å². The summed E-state index contributed by atoms with van der Waals surface area (Å²) in [4.78, 5) is 12.3. The molecule has 0 saturated heterocycles. The topological polar surface area (TPSA) is 17.1 Å². The number of carbonyl (C=O) groups excluding carboxylic acids is 1. The Balaban J connectivity index is 2.82. The van der Waals surface area contributed by atoms with Gasteiger partial charge in [0.1, 0.15) is 0 Å². The molecule has 2 heteroatoms. The summed E-state index contributed by atoms with van der Waals surface area (Å²) in [7, 11) is 0. The van der Waals surface area contributed by atoms with Crippen LogP contribution in [0, 0.1) is 6.92 Å². The minimum absolute atomic E-state index is 0.878. The van der Waals surface area contributed by atoms with Gasteiger partial charge in [0, 0.05) is 15.1 Å². The monoisotopic (exact) mass is 204 g/mol. The third kappa shape index (κ3) is 1.36. The van der Waals surface area contributed by atoms with E-state index in [0.717, 1.165) is 28.5 Å². The van der Waals surface area contributed by atoms with Gasteiger partial charge in [-0.2, -0.15) is 0 Å². The Labute approximate surface area is 87.4 Å². The number of aryl methyl sites for hydroxylation is 2. The highest BCUT2D eigenvalue weighted by Crippen LogP contribution is 2.29. The summed E-state index contributed by atoms with van der Waals surface area (Å²) in [6.07, 6.45) is 1.90. The lowest BCUT2D eigenvalue weighted by molar-refractivity contribution is 0.112. The van der Waals surface area contributed by atoms with Crippen molar-refractivity contribution in [3.63, 3.8) is 0 Å². The van der Waals surface area contributed by atoms with Gasteiger partial charge in [0.15, 0.2) is 6.29 Å². The van der Waals surface area contributed by atoms with Crippen LogP contribution in [0.15, 0.2) is 18.2 Å². The Morgan fingerprint density at radius 2 is 2.21 bits per heavy atom. The summed E-state index contributed by atoms with van der Waals surface area (Å²) in [5.74, 6) is 0. The molecule has 0 atom stereocenters. The SMILES string of the molecule is CCc1ccc2cc(C)sc2c1C=O. The van der Waals surface area contributed by atoms with Crippen molar-refractivity contribution >= 4 is 27.7 Å². The third-order valence-corrected chi connectivity index (χ3v) is 3.54. The van der Waals surface area contributed by atoms with E-state index in [4.69, 9.17) is 0 Å². The molecule has 0 N–H and O–H groups in total. The van der Waals surface area contributed by atoms with E-state index in [1.165, 1.54) is 10.3 Å². The molecule has 1 aromatic carbocycles. The molecule has 2 rings (SSSR count). The number of aldehydes is 1. The molecule has 0 bridgehead atoms. The van der Waals surface area contributed by atoms with Crippen LogP contribution in [-0.4, -0.2) is 6.29 Å². The van der Waals surface area contributed by atoms with E-state index in [1.807, 2.05) is 0 Å². The van der Waals surface area contributed by atoms with E-state index in [0.29, 0.717) is 0 Å². The Kier molecular flexibility index (Phi) is 2.38. The Bertz CT molecular complexity index is 482. The quantitative estimate of drug-likeness (QED) is 0.683. The first-order valence-electron chi connectivity index (χ1n) is 4.73. The second kappa shape index (κ2) is 3.54. The molecular formula is C12H12OS. The maximum atomic E-state index is 11.0. The van der Waals surface area contributed by atoms with Crippen LogP contribution in [0.25, 0.3) is 10.1 Å². The maximum Gasteiger partial charge on any atom is 0.151 e. The summed E-state index contributed by atoms with van der Waals surface area (Å²) in [6.45, 7) is 4.15. The number of fused-ring (bicyclic) bond motifs is 1. The molecule has 1 heterocycles. The van der Waals surface area contributed by atoms with Gasteiger partial charge in [-0.15, -0.1) is 11.3 Å². The van der Waals surface area contributed by atoms with Crippen LogP contribution in [0.4, 0.5) is 0 Å². The lowest BCUT2D eigenvalue weighted by Gasteiger charge is -2.01. The van der Waals surface area contributed by atoms with Gasteiger partial charge in [-0.3, -0.25) is 4.79 Å². The van der Waals surface area contributed by atoms with E-state index in [-0.39, 0.29) is 0 Å². The number of rotatable bonds is 2. The first-order valence-corrected chi connectivity index (χ1v) is 5.55. The normalized spacial score (nSPS) is 10.7. The second-order valence-electron chi connectivity index (χ2n) is 3.39. The van der Waals surface area contributed by atoms with Crippen molar-refractivity contribution in [2.45, 2.75) is 20.3 Å². The van der Waals surface area contributed by atoms with Crippen molar-refractivity contribution in [1.82, 2.24) is 0 Å². The zero-order chi connectivity index (χ0) is 10.1. The molecule has 1 nitrogen and oxygen atoms in total. The average Bonchev–Trinajstić information content (AvgIpc) is 2.56. The third-order valence-electron chi connectivity index (χ3n) is 2.44. The van der Waals surface area contributed by atoms with Crippen LogP contribution in [0.1, 0.15) is 27.7 Å². The van der Waals surface area contributed by atoms with Crippen molar-refractivity contribution in [1.29, 1.82) is 0 Å². The Morgan fingerprint density at radius 1 is 1.43 bits per heavy atom. The van der Waals surface area contributed by atoms with Crippen molar-refractivity contribution in [2.75, 3.05) is 0 Å². The van der Waals surface area contributed by atoms with E-state index in [9.17, 15) is 4.79 Å². The zero-order valence-corrected chi connectivity index (χ0v) is 9.15. The fraction of sp³-hybridized carbons (Fsp3) is 0.250. The van der Waals surface area contributed by atoms with Gasteiger partial charge in [0.25, 0.3) is 0 Å². The second-order valence-corrected chi connectivity index (χ2v) is 4.64. The molecule has 0 radical (unpaired) electrons. The molecule has 0 aliphatic heterocycles. The molecule has 72 valence electrons. The minimum Gasteiger partial charge on any atom is -0.298 e. The van der Waals surface area contributed by atoms with Gasteiger partial charge in [0.05, 0.1) is 0 Å². The number of hydrogen-bond acceptors (Lipinski definition) is 2. The highest BCUT2D eigenvalue weighted by molar-refractivity contribution is 7.19. The van der Waals surface area contributed by atoms with Crippen molar-refractivity contribution < 1.29 is 4.79 Å². The maximum absolute atomic E-state index is 11.0. The number of benzene rings is 1. The van der Waals surface area contributed by atoms with Crippen LogP contribution in [0.3, 0.4) is 0 Å². The molecule has 1 aromatic heterocycles. The molecular weight excluding hydrogens is 192 g/mol. The predicted molar refractivity (Wildman–Crippen MR) is 61.3 cm³/mol. The summed E-state index contributed by atoms with van der Waals surface area (Å²) in [5, 5.41) is 1.19. The van der Waals surface area contributed by atoms with Crippen molar-refractivity contribution in [3.05, 3.63) is 34.2 Å². The van der Waals surface area contributed by atoms with Gasteiger partial charge >= 0.3 is 0 Å². The number of thiophene rings is 1. The van der Waals surface area contributed by atoms with Crippen LogP contribution in [0.2, 0.25) is 0 Å². The predicted octanol–water partition coefficient (Wildman–Crippen LogP) is 3.58. The van der Waals surface area contributed by atoms with E-state index in [2.05, 4.69) is 32.0 Å². The van der Waals surface area contributed by atoms with Crippen molar-refractivity contribution in [2.24, 2.45) is 0 Å². The molecule has 0 unspecified atom stereocenters. The zero-order valence-electron chi connectivity index (χ0n) is 8.33. The molecule has 0 saturated carbocycles. The summed E-state index contributed by atoms with van der Waals surface area (Å²) >= 11 is 1.70. The molecule has 0 amide bonds. The smallest absolute Gasteiger partial charge is 0.151 e. The molecule has 0 aliphatic carbocycles. The summed E-state index contributed by atoms with van der Waals surface area (Å²) < 4.78 is 1.14. The standard InChI is InChI=1S/C12H12OS/c1-3-9-4-5-10-6-8(2)14-12(10)11(9)7-13/h4-7H,3H2,1-2H3. The number of hydrogen-bond donors (Lipinski definition) is 0. The largest absolute Gasteiger partial charge is 0.298 e. The molecule has 2 aromatic rings. The van der Waals surface area contributed by atoms with Crippen LogP contribution in [-0.2, 0) is 6.42 Å². The Morgan fingerprint density at radius 3 is 2.86 bits per heavy atom. The summed E-state index contributed by atoms with van der Waals surface area (Å²) in [5.41, 5.74) is 2.03.